The zero-order chi connectivity index (χ0) is 16.9. The summed E-state index contributed by atoms with van der Waals surface area (Å²) in [7, 11) is 0. The van der Waals surface area contributed by atoms with Gasteiger partial charge in [0.1, 0.15) is 6.04 Å². The molecule has 1 aliphatic heterocycles. The quantitative estimate of drug-likeness (QED) is 0.734. The number of piperidine rings is 1. The fourth-order valence-corrected chi connectivity index (χ4v) is 2.85. The number of urea groups is 1. The van der Waals surface area contributed by atoms with E-state index in [-0.39, 0.29) is 11.6 Å². The highest BCUT2D eigenvalue weighted by Crippen LogP contribution is 2.32. The van der Waals surface area contributed by atoms with E-state index in [9.17, 15) is 22.8 Å². The van der Waals surface area contributed by atoms with E-state index in [1.54, 1.807) is 12.1 Å². The largest absolute Gasteiger partial charge is 0.398 e. The van der Waals surface area contributed by atoms with Gasteiger partial charge < -0.3 is 16.0 Å². The highest BCUT2D eigenvalue weighted by molar-refractivity contribution is 7.99. The number of hydrogen-bond donors (Lipinski definition) is 3. The number of rotatable bonds is 4. The van der Waals surface area contributed by atoms with E-state index in [1.807, 2.05) is 0 Å². The van der Waals surface area contributed by atoms with Gasteiger partial charge in [-0.15, -0.1) is 11.8 Å². The Morgan fingerprint density at radius 3 is 2.78 bits per heavy atom. The molecule has 3 amide bonds. The smallest absolute Gasteiger partial charge is 0.354 e. The number of benzene rings is 1. The number of nitrogens with one attached hydrogen (secondary N) is 3. The molecule has 0 aromatic heterocycles. The first kappa shape index (κ1) is 17.5. The molecule has 1 atom stereocenters. The standard InChI is InChI=1S/C14H16F3N3O2S/c15-14(16,17)8-23-11-6-2-1-4-9(11)19-13(22)20-10-5-3-7-18-12(10)21/h1-2,4,6,10H,3,5,7-8H2,(H,18,21)(H2,19,20,22)/t10-/m0/s1. The van der Waals surface area contributed by atoms with Crippen LogP contribution in [0.2, 0.25) is 0 Å². The molecule has 1 saturated heterocycles. The first-order valence-electron chi connectivity index (χ1n) is 6.99. The lowest BCUT2D eigenvalue weighted by Crippen LogP contribution is -2.51. The second-order valence-electron chi connectivity index (χ2n) is 4.98. The first-order valence-corrected chi connectivity index (χ1v) is 7.97. The molecule has 1 aromatic rings. The molecule has 0 aliphatic carbocycles. The van der Waals surface area contributed by atoms with Crippen molar-refractivity contribution in [2.45, 2.75) is 30.0 Å². The Hall–Kier alpha value is -1.90. The average Bonchev–Trinajstić information content (AvgIpc) is 2.48. The Kier molecular flexibility index (Phi) is 5.75. The van der Waals surface area contributed by atoms with Gasteiger partial charge in [0, 0.05) is 11.4 Å². The van der Waals surface area contributed by atoms with Crippen molar-refractivity contribution in [2.75, 3.05) is 17.6 Å². The van der Waals surface area contributed by atoms with E-state index < -0.39 is 24.0 Å². The lowest BCUT2D eigenvalue weighted by atomic mass is 10.1. The average molecular weight is 347 g/mol. The number of para-hydroxylation sites is 1. The van der Waals surface area contributed by atoms with Crippen molar-refractivity contribution in [1.82, 2.24) is 10.6 Å². The molecule has 1 fully saturated rings. The molecule has 2 rings (SSSR count). The zero-order valence-corrected chi connectivity index (χ0v) is 12.9. The lowest BCUT2D eigenvalue weighted by Gasteiger charge is -2.23. The van der Waals surface area contributed by atoms with Crippen LogP contribution < -0.4 is 16.0 Å². The number of alkyl halides is 3. The molecule has 1 aliphatic rings. The van der Waals surface area contributed by atoms with Gasteiger partial charge in [0.2, 0.25) is 5.91 Å². The molecule has 23 heavy (non-hydrogen) atoms. The Morgan fingerprint density at radius 2 is 2.09 bits per heavy atom. The first-order chi connectivity index (χ1) is 10.8. The number of anilines is 1. The topological polar surface area (TPSA) is 70.2 Å². The maximum absolute atomic E-state index is 12.3. The highest BCUT2D eigenvalue weighted by Gasteiger charge is 2.28. The third-order valence-electron chi connectivity index (χ3n) is 3.12. The van der Waals surface area contributed by atoms with Crippen molar-refractivity contribution in [2.24, 2.45) is 0 Å². The number of amides is 3. The Balaban J connectivity index is 1.96. The van der Waals surface area contributed by atoms with Gasteiger partial charge in [-0.1, -0.05) is 12.1 Å². The van der Waals surface area contributed by atoms with Crippen LogP contribution in [0.1, 0.15) is 12.8 Å². The van der Waals surface area contributed by atoms with E-state index in [0.717, 1.165) is 6.42 Å². The fraction of sp³-hybridized carbons (Fsp3) is 0.429. The summed E-state index contributed by atoms with van der Waals surface area (Å²) in [6, 6.07) is 4.97. The van der Waals surface area contributed by atoms with Crippen molar-refractivity contribution >= 4 is 29.4 Å². The van der Waals surface area contributed by atoms with E-state index in [1.165, 1.54) is 12.1 Å². The summed E-state index contributed by atoms with van der Waals surface area (Å²) in [5.74, 6) is -1.30. The molecular formula is C14H16F3N3O2S. The number of halogens is 3. The predicted octanol–water partition coefficient (Wildman–Crippen LogP) is 2.74. The van der Waals surface area contributed by atoms with Crippen LogP contribution >= 0.6 is 11.8 Å². The Morgan fingerprint density at radius 1 is 1.35 bits per heavy atom. The van der Waals surface area contributed by atoms with Crippen molar-refractivity contribution in [3.8, 4) is 0 Å². The summed E-state index contributed by atoms with van der Waals surface area (Å²) in [6.45, 7) is 0.579. The van der Waals surface area contributed by atoms with Crippen molar-refractivity contribution < 1.29 is 22.8 Å². The second kappa shape index (κ2) is 7.58. The Bertz CT molecular complexity index is 581. The Labute approximate surface area is 135 Å². The molecule has 0 spiro atoms. The van der Waals surface area contributed by atoms with Crippen LogP contribution in [0.3, 0.4) is 0 Å². The van der Waals surface area contributed by atoms with Gasteiger partial charge in [0.25, 0.3) is 0 Å². The molecule has 1 heterocycles. The summed E-state index contributed by atoms with van der Waals surface area (Å²) in [5.41, 5.74) is 0.274. The maximum Gasteiger partial charge on any atom is 0.398 e. The lowest BCUT2D eigenvalue weighted by molar-refractivity contribution is -0.124. The predicted molar refractivity (Wildman–Crippen MR) is 81.4 cm³/mol. The minimum Gasteiger partial charge on any atom is -0.354 e. The second-order valence-corrected chi connectivity index (χ2v) is 6.00. The molecular weight excluding hydrogens is 331 g/mol. The van der Waals surface area contributed by atoms with Gasteiger partial charge in [-0.2, -0.15) is 13.2 Å². The normalized spacial score (nSPS) is 18.2. The molecule has 5 nitrogen and oxygen atoms in total. The summed E-state index contributed by atoms with van der Waals surface area (Å²) >= 11 is 0.596. The third-order valence-corrected chi connectivity index (χ3v) is 4.26. The molecule has 0 saturated carbocycles. The zero-order valence-electron chi connectivity index (χ0n) is 12.1. The third kappa shape index (κ3) is 5.66. The number of carbonyl (C=O) groups is 2. The summed E-state index contributed by atoms with van der Waals surface area (Å²) in [5, 5.41) is 7.66. The highest BCUT2D eigenvalue weighted by atomic mass is 32.2. The van der Waals surface area contributed by atoms with E-state index >= 15 is 0 Å². The molecule has 1 aromatic carbocycles. The summed E-state index contributed by atoms with van der Waals surface area (Å²) in [6.07, 6.45) is -3.00. The van der Waals surface area contributed by atoms with E-state index in [0.29, 0.717) is 29.6 Å². The van der Waals surface area contributed by atoms with Crippen LogP contribution in [-0.4, -0.2) is 36.5 Å². The van der Waals surface area contributed by atoms with Crippen molar-refractivity contribution in [3.05, 3.63) is 24.3 Å². The molecule has 126 valence electrons. The van der Waals surface area contributed by atoms with Crippen LogP contribution in [0, 0.1) is 0 Å². The van der Waals surface area contributed by atoms with Crippen LogP contribution in [0.4, 0.5) is 23.7 Å². The summed E-state index contributed by atoms with van der Waals surface area (Å²) < 4.78 is 37.0. The van der Waals surface area contributed by atoms with Gasteiger partial charge in [-0.3, -0.25) is 4.79 Å². The maximum atomic E-state index is 12.3. The minimum absolute atomic E-state index is 0.258. The van der Waals surface area contributed by atoms with Gasteiger partial charge in [-0.25, -0.2) is 4.79 Å². The number of thioether (sulfide) groups is 1. The van der Waals surface area contributed by atoms with E-state index in [2.05, 4.69) is 16.0 Å². The SMILES string of the molecule is O=C(Nc1ccccc1SCC(F)(F)F)N[C@H]1CCCNC1=O. The van der Waals surface area contributed by atoms with Crippen LogP contribution in [-0.2, 0) is 4.79 Å². The number of carbonyl (C=O) groups excluding carboxylic acids is 2. The summed E-state index contributed by atoms with van der Waals surface area (Å²) in [4.78, 5) is 23.8. The minimum atomic E-state index is -4.29. The molecule has 3 N–H and O–H groups in total. The van der Waals surface area contributed by atoms with Crippen LogP contribution in [0.25, 0.3) is 0 Å². The van der Waals surface area contributed by atoms with Crippen molar-refractivity contribution in [3.63, 3.8) is 0 Å². The molecule has 0 unspecified atom stereocenters. The fourth-order valence-electron chi connectivity index (χ4n) is 2.08. The van der Waals surface area contributed by atoms with Crippen LogP contribution in [0.15, 0.2) is 29.2 Å². The van der Waals surface area contributed by atoms with Gasteiger partial charge >= 0.3 is 12.2 Å². The molecule has 9 heteroatoms. The monoisotopic (exact) mass is 347 g/mol. The molecule has 0 radical (unpaired) electrons. The van der Waals surface area contributed by atoms with Crippen molar-refractivity contribution in [1.29, 1.82) is 0 Å². The number of hydrogen-bond acceptors (Lipinski definition) is 3. The van der Waals surface area contributed by atoms with E-state index in [4.69, 9.17) is 0 Å². The van der Waals surface area contributed by atoms with Crippen LogP contribution in [0.5, 0.6) is 0 Å². The van der Waals surface area contributed by atoms with Gasteiger partial charge in [0.15, 0.2) is 0 Å². The van der Waals surface area contributed by atoms with Gasteiger partial charge in [-0.05, 0) is 25.0 Å². The molecule has 0 bridgehead atoms. The van der Waals surface area contributed by atoms with Gasteiger partial charge in [0.05, 0.1) is 11.4 Å².